The summed E-state index contributed by atoms with van der Waals surface area (Å²) in [4.78, 5) is 4.29. The number of unbranched alkanes of at least 4 members (excludes halogenated alkanes) is 3. The quantitative estimate of drug-likeness (QED) is 0.182. The third kappa shape index (κ3) is 9.73. The molecule has 0 atom stereocenters. The van der Waals surface area contributed by atoms with Gasteiger partial charge in [0.25, 0.3) is 0 Å². The van der Waals surface area contributed by atoms with Gasteiger partial charge in [-0.1, -0.05) is 26.2 Å². The number of hydrogen-bond donors (Lipinski definition) is 3. The van der Waals surface area contributed by atoms with Gasteiger partial charge in [-0.15, -0.1) is 0 Å². The van der Waals surface area contributed by atoms with Crippen LogP contribution >= 0.6 is 0 Å². The van der Waals surface area contributed by atoms with Gasteiger partial charge in [-0.3, -0.25) is 10.4 Å². The Hall–Kier alpha value is -0.810. The minimum absolute atomic E-state index is 0.674. The third-order valence-corrected chi connectivity index (χ3v) is 2.24. The van der Waals surface area contributed by atoms with E-state index in [1.165, 1.54) is 19.3 Å². The van der Waals surface area contributed by atoms with E-state index in [0.717, 1.165) is 32.5 Å². The fourth-order valence-corrected chi connectivity index (χ4v) is 1.31. The number of guanidine groups is 1. The SMILES string of the molecule is CCCCCCNC(=NCCCOC)NN. The van der Waals surface area contributed by atoms with Gasteiger partial charge in [0.15, 0.2) is 0 Å². The summed E-state index contributed by atoms with van der Waals surface area (Å²) in [7, 11) is 1.69. The highest BCUT2D eigenvalue weighted by molar-refractivity contribution is 5.79. The van der Waals surface area contributed by atoms with E-state index >= 15 is 0 Å². The fraction of sp³-hybridized carbons (Fsp3) is 0.909. The zero-order chi connectivity index (χ0) is 12.1. The van der Waals surface area contributed by atoms with Crippen molar-refractivity contribution >= 4 is 5.96 Å². The summed E-state index contributed by atoms with van der Waals surface area (Å²) in [5.74, 6) is 6.03. The molecule has 0 rings (SSSR count). The van der Waals surface area contributed by atoms with E-state index in [1.54, 1.807) is 7.11 Å². The zero-order valence-electron chi connectivity index (χ0n) is 10.6. The van der Waals surface area contributed by atoms with Crippen LogP contribution in [-0.4, -0.2) is 32.8 Å². The first-order valence-electron chi connectivity index (χ1n) is 6.09. The van der Waals surface area contributed by atoms with Crippen molar-refractivity contribution in [2.75, 3.05) is 26.8 Å². The van der Waals surface area contributed by atoms with Crippen molar-refractivity contribution in [3.63, 3.8) is 0 Å². The van der Waals surface area contributed by atoms with E-state index in [0.29, 0.717) is 5.96 Å². The molecule has 0 saturated carbocycles. The summed E-state index contributed by atoms with van der Waals surface area (Å²) >= 11 is 0. The molecule has 0 unspecified atom stereocenters. The predicted molar refractivity (Wildman–Crippen MR) is 68.3 cm³/mol. The van der Waals surface area contributed by atoms with Crippen LogP contribution in [0.2, 0.25) is 0 Å². The topological polar surface area (TPSA) is 71.7 Å². The molecule has 0 radical (unpaired) electrons. The first kappa shape index (κ1) is 15.2. The van der Waals surface area contributed by atoms with Crippen molar-refractivity contribution in [1.82, 2.24) is 10.7 Å². The van der Waals surface area contributed by atoms with Gasteiger partial charge in [0, 0.05) is 26.8 Å². The highest BCUT2D eigenvalue weighted by atomic mass is 16.5. The molecule has 4 N–H and O–H groups in total. The van der Waals surface area contributed by atoms with Gasteiger partial charge in [0.05, 0.1) is 0 Å². The average molecular weight is 230 g/mol. The largest absolute Gasteiger partial charge is 0.385 e. The number of nitrogens with zero attached hydrogens (tertiary/aromatic N) is 1. The molecule has 16 heavy (non-hydrogen) atoms. The molecule has 0 spiro atoms. The number of nitrogens with one attached hydrogen (secondary N) is 2. The molecule has 0 aromatic rings. The van der Waals surface area contributed by atoms with E-state index in [1.807, 2.05) is 0 Å². The summed E-state index contributed by atoms with van der Waals surface area (Å²) < 4.78 is 4.94. The summed E-state index contributed by atoms with van der Waals surface area (Å²) in [6, 6.07) is 0. The van der Waals surface area contributed by atoms with Crippen LogP contribution in [-0.2, 0) is 4.74 Å². The molecule has 0 saturated heterocycles. The van der Waals surface area contributed by atoms with Crippen LogP contribution < -0.4 is 16.6 Å². The van der Waals surface area contributed by atoms with Crippen LogP contribution in [0.15, 0.2) is 4.99 Å². The molecule has 0 aromatic carbocycles. The standard InChI is InChI=1S/C11H26N4O/c1-3-4-5-6-8-13-11(15-12)14-9-7-10-16-2/h3-10,12H2,1-2H3,(H2,13,14,15). The Bertz CT molecular complexity index is 173. The first-order chi connectivity index (χ1) is 7.85. The second-order valence-corrected chi connectivity index (χ2v) is 3.71. The molecule has 0 aliphatic heterocycles. The van der Waals surface area contributed by atoms with E-state index in [2.05, 4.69) is 22.7 Å². The monoisotopic (exact) mass is 230 g/mol. The number of methoxy groups -OCH3 is 1. The summed E-state index contributed by atoms with van der Waals surface area (Å²) in [6.45, 7) is 4.60. The normalized spacial score (nSPS) is 11.6. The number of rotatable bonds is 9. The van der Waals surface area contributed by atoms with Gasteiger partial charge in [-0.05, 0) is 12.8 Å². The van der Waals surface area contributed by atoms with Crippen LogP contribution in [0.25, 0.3) is 0 Å². The van der Waals surface area contributed by atoms with Crippen LogP contribution in [0.3, 0.4) is 0 Å². The number of aliphatic imine (C=N–C) groups is 1. The zero-order valence-corrected chi connectivity index (χ0v) is 10.6. The van der Waals surface area contributed by atoms with E-state index in [9.17, 15) is 0 Å². The van der Waals surface area contributed by atoms with Crippen LogP contribution in [0.4, 0.5) is 0 Å². The van der Waals surface area contributed by atoms with Gasteiger partial charge >= 0.3 is 0 Å². The highest BCUT2D eigenvalue weighted by Crippen LogP contribution is 1.96. The lowest BCUT2D eigenvalue weighted by atomic mass is 10.2. The van der Waals surface area contributed by atoms with Crippen molar-refractivity contribution < 1.29 is 4.74 Å². The van der Waals surface area contributed by atoms with Gasteiger partial charge in [0.2, 0.25) is 5.96 Å². The maximum Gasteiger partial charge on any atom is 0.205 e. The molecule has 0 aliphatic rings. The fourth-order valence-electron chi connectivity index (χ4n) is 1.31. The van der Waals surface area contributed by atoms with Crippen molar-refractivity contribution in [2.45, 2.75) is 39.0 Å². The Morgan fingerprint density at radius 2 is 2.06 bits per heavy atom. The molecule has 96 valence electrons. The minimum atomic E-state index is 0.674. The van der Waals surface area contributed by atoms with Gasteiger partial charge < -0.3 is 10.1 Å². The average Bonchev–Trinajstić information content (AvgIpc) is 2.31. The Balaban J connectivity index is 3.49. The first-order valence-corrected chi connectivity index (χ1v) is 6.09. The lowest BCUT2D eigenvalue weighted by Crippen LogP contribution is -2.42. The number of nitrogens with two attached hydrogens (primary N) is 1. The third-order valence-electron chi connectivity index (χ3n) is 2.24. The van der Waals surface area contributed by atoms with Crippen molar-refractivity contribution in [3.05, 3.63) is 0 Å². The number of ether oxygens (including phenoxy) is 1. The second-order valence-electron chi connectivity index (χ2n) is 3.71. The van der Waals surface area contributed by atoms with Gasteiger partial charge in [-0.25, -0.2) is 5.84 Å². The molecule has 0 aliphatic carbocycles. The summed E-state index contributed by atoms with van der Waals surface area (Å²) in [6.07, 6.45) is 5.88. The molecular weight excluding hydrogens is 204 g/mol. The molecule has 0 heterocycles. The van der Waals surface area contributed by atoms with Crippen molar-refractivity contribution in [1.29, 1.82) is 0 Å². The van der Waals surface area contributed by atoms with Gasteiger partial charge in [0.1, 0.15) is 0 Å². The van der Waals surface area contributed by atoms with Crippen LogP contribution in [0, 0.1) is 0 Å². The molecule has 0 amide bonds. The van der Waals surface area contributed by atoms with Crippen LogP contribution in [0.5, 0.6) is 0 Å². The number of hydrogen-bond acceptors (Lipinski definition) is 3. The van der Waals surface area contributed by atoms with E-state index < -0.39 is 0 Å². The van der Waals surface area contributed by atoms with E-state index in [-0.39, 0.29) is 0 Å². The lowest BCUT2D eigenvalue weighted by molar-refractivity contribution is 0.197. The smallest absolute Gasteiger partial charge is 0.205 e. The minimum Gasteiger partial charge on any atom is -0.385 e. The Labute approximate surface area is 98.8 Å². The summed E-state index contributed by atoms with van der Waals surface area (Å²) in [5.41, 5.74) is 2.57. The molecule has 0 fully saturated rings. The molecule has 0 bridgehead atoms. The molecule has 0 aromatic heterocycles. The second kappa shape index (κ2) is 12.3. The van der Waals surface area contributed by atoms with Crippen molar-refractivity contribution in [3.8, 4) is 0 Å². The van der Waals surface area contributed by atoms with Crippen molar-refractivity contribution in [2.24, 2.45) is 10.8 Å². The predicted octanol–water partition coefficient (Wildman–Crippen LogP) is 1.01. The van der Waals surface area contributed by atoms with Gasteiger partial charge in [-0.2, -0.15) is 0 Å². The Morgan fingerprint density at radius 3 is 2.69 bits per heavy atom. The van der Waals surface area contributed by atoms with Crippen LogP contribution in [0.1, 0.15) is 39.0 Å². The Kier molecular flexibility index (Phi) is 11.6. The molecule has 5 nitrogen and oxygen atoms in total. The maximum absolute atomic E-state index is 5.35. The lowest BCUT2D eigenvalue weighted by Gasteiger charge is -2.08. The Morgan fingerprint density at radius 1 is 1.25 bits per heavy atom. The van der Waals surface area contributed by atoms with E-state index in [4.69, 9.17) is 10.6 Å². The molecule has 5 heteroatoms. The number of hydrazine groups is 1. The maximum atomic E-state index is 5.35. The molecular formula is C11H26N4O. The highest BCUT2D eigenvalue weighted by Gasteiger charge is 1.94. The summed E-state index contributed by atoms with van der Waals surface area (Å²) in [5, 5.41) is 3.18.